The highest BCUT2D eigenvalue weighted by Crippen LogP contribution is 2.19. The number of rotatable bonds is 14. The Balaban J connectivity index is 1.50. The van der Waals surface area contributed by atoms with E-state index in [9.17, 15) is 29.1 Å². The van der Waals surface area contributed by atoms with Crippen molar-refractivity contribution in [2.24, 2.45) is 5.73 Å². The van der Waals surface area contributed by atoms with Crippen molar-refractivity contribution in [3.05, 3.63) is 54.2 Å². The van der Waals surface area contributed by atoms with Crippen LogP contribution in [0.2, 0.25) is 0 Å². The van der Waals surface area contributed by atoms with E-state index in [-0.39, 0.29) is 25.7 Å². The highest BCUT2D eigenvalue weighted by molar-refractivity contribution is 5.95. The third-order valence-electron chi connectivity index (χ3n) is 7.01. The molecule has 14 nitrogen and oxygen atoms in total. The normalized spacial score (nSPS) is 16.9. The third-order valence-corrected chi connectivity index (χ3v) is 7.01. The number of nitrogens with one attached hydrogen (secondary N) is 6. The standard InChI is InChI=1S/C27H34N8O6/c28-23(36)8-7-20(33-24(37)19-6-3-9-30-19)25(38)34-21(11-16-13-29-14-32-16)26(39)35-22(27(40)41)10-15-12-31-18-5-2-1-4-17(15)18/h1-2,4-5,12-14,19-22,30-31H,3,6-11H2,(H2,28,36)(H,29,32)(H,33,37)(H,34,38)(H,35,39)(H,40,41). The van der Waals surface area contributed by atoms with Gasteiger partial charge in [-0.15, -0.1) is 0 Å². The first-order valence-electron chi connectivity index (χ1n) is 13.4. The van der Waals surface area contributed by atoms with Gasteiger partial charge in [0.2, 0.25) is 23.6 Å². The average Bonchev–Trinajstić information content (AvgIpc) is 3.73. The van der Waals surface area contributed by atoms with Gasteiger partial charge in [0.1, 0.15) is 18.1 Å². The Morgan fingerprint density at radius 3 is 2.44 bits per heavy atom. The first-order chi connectivity index (χ1) is 19.7. The summed E-state index contributed by atoms with van der Waals surface area (Å²) in [5.74, 6) is -3.74. The fraction of sp³-hybridized carbons (Fsp3) is 0.407. The Labute approximate surface area is 235 Å². The van der Waals surface area contributed by atoms with E-state index in [1.54, 1.807) is 6.20 Å². The Kier molecular flexibility index (Phi) is 9.68. The molecule has 3 heterocycles. The molecule has 3 aromatic rings. The molecule has 4 rings (SSSR count). The predicted octanol–water partition coefficient (Wildman–Crippen LogP) is -0.767. The highest BCUT2D eigenvalue weighted by atomic mass is 16.4. The van der Waals surface area contributed by atoms with Gasteiger partial charge in [0.15, 0.2) is 0 Å². The van der Waals surface area contributed by atoms with Gasteiger partial charge in [-0.2, -0.15) is 0 Å². The Hall–Kier alpha value is -4.72. The number of carbonyl (C=O) groups is 5. The highest BCUT2D eigenvalue weighted by Gasteiger charge is 2.32. The number of hydrogen-bond acceptors (Lipinski definition) is 7. The lowest BCUT2D eigenvalue weighted by molar-refractivity contribution is -0.142. The molecular formula is C27H34N8O6. The van der Waals surface area contributed by atoms with Crippen LogP contribution >= 0.6 is 0 Å². The van der Waals surface area contributed by atoms with Crippen molar-refractivity contribution in [3.63, 3.8) is 0 Å². The van der Waals surface area contributed by atoms with Crippen molar-refractivity contribution in [3.8, 4) is 0 Å². The number of amides is 4. The molecule has 1 aliphatic rings. The number of aromatic amines is 2. The second-order valence-corrected chi connectivity index (χ2v) is 10.0. The molecule has 4 amide bonds. The van der Waals surface area contributed by atoms with Gasteiger partial charge in [0.25, 0.3) is 0 Å². The number of imidazole rings is 1. The van der Waals surface area contributed by atoms with Gasteiger partial charge < -0.3 is 42.1 Å². The van der Waals surface area contributed by atoms with Crippen molar-refractivity contribution >= 4 is 40.5 Å². The van der Waals surface area contributed by atoms with E-state index in [2.05, 4.69) is 36.2 Å². The zero-order valence-corrected chi connectivity index (χ0v) is 22.3. The van der Waals surface area contributed by atoms with E-state index in [1.807, 2.05) is 24.3 Å². The van der Waals surface area contributed by atoms with E-state index in [4.69, 9.17) is 5.73 Å². The second kappa shape index (κ2) is 13.6. The van der Waals surface area contributed by atoms with Crippen LogP contribution in [0.25, 0.3) is 10.9 Å². The van der Waals surface area contributed by atoms with Crippen LogP contribution in [0, 0.1) is 0 Å². The smallest absolute Gasteiger partial charge is 0.326 e. The summed E-state index contributed by atoms with van der Waals surface area (Å²) in [6, 6.07) is 3.28. The molecule has 41 heavy (non-hydrogen) atoms. The van der Waals surface area contributed by atoms with Crippen LogP contribution in [-0.2, 0) is 36.8 Å². The molecule has 218 valence electrons. The van der Waals surface area contributed by atoms with E-state index in [1.165, 1.54) is 12.5 Å². The van der Waals surface area contributed by atoms with Crippen molar-refractivity contribution in [1.29, 1.82) is 0 Å². The summed E-state index contributed by atoms with van der Waals surface area (Å²) >= 11 is 0. The molecule has 0 bridgehead atoms. The SMILES string of the molecule is NC(=O)CCC(NC(=O)C1CCCN1)C(=O)NC(Cc1cnc[nH]1)C(=O)NC(Cc1c[nH]c2ccccc12)C(=O)O. The molecule has 4 unspecified atom stereocenters. The number of nitrogens with zero attached hydrogens (tertiary/aromatic N) is 1. The summed E-state index contributed by atoms with van der Waals surface area (Å²) in [6.07, 6.45) is 5.73. The maximum atomic E-state index is 13.4. The molecule has 1 aliphatic heterocycles. The van der Waals surface area contributed by atoms with E-state index in [0.29, 0.717) is 24.2 Å². The maximum absolute atomic E-state index is 13.4. The number of aliphatic carboxylic acids is 1. The number of carboxylic acid groups (broad SMARTS) is 1. The summed E-state index contributed by atoms with van der Waals surface area (Å²) in [5.41, 5.74) is 7.33. The first-order valence-corrected chi connectivity index (χ1v) is 13.4. The number of nitrogens with two attached hydrogens (primary N) is 1. The molecular weight excluding hydrogens is 532 g/mol. The second-order valence-electron chi connectivity index (χ2n) is 10.0. The molecule has 4 atom stereocenters. The van der Waals surface area contributed by atoms with Gasteiger partial charge in [-0.3, -0.25) is 19.2 Å². The summed E-state index contributed by atoms with van der Waals surface area (Å²) in [6.45, 7) is 0.673. The van der Waals surface area contributed by atoms with Gasteiger partial charge in [0, 0.05) is 48.3 Å². The molecule has 0 radical (unpaired) electrons. The minimum Gasteiger partial charge on any atom is -0.480 e. The molecule has 0 aliphatic carbocycles. The summed E-state index contributed by atoms with van der Waals surface area (Å²) < 4.78 is 0. The van der Waals surface area contributed by atoms with Crippen LogP contribution in [0.15, 0.2) is 43.0 Å². The Morgan fingerprint density at radius 2 is 1.76 bits per heavy atom. The summed E-state index contributed by atoms with van der Waals surface area (Å²) in [5, 5.41) is 21.6. The lowest BCUT2D eigenvalue weighted by atomic mass is 10.0. The van der Waals surface area contributed by atoms with Crippen LogP contribution in [0.4, 0.5) is 0 Å². The number of fused-ring (bicyclic) bond motifs is 1. The molecule has 0 spiro atoms. The zero-order valence-electron chi connectivity index (χ0n) is 22.3. The number of benzene rings is 1. The number of para-hydroxylation sites is 1. The van der Waals surface area contributed by atoms with Crippen molar-refractivity contribution in [2.75, 3.05) is 6.54 Å². The lowest BCUT2D eigenvalue weighted by Crippen LogP contribution is -2.58. The van der Waals surface area contributed by atoms with Crippen molar-refractivity contribution in [2.45, 2.75) is 62.7 Å². The van der Waals surface area contributed by atoms with E-state index >= 15 is 0 Å². The maximum Gasteiger partial charge on any atom is 0.326 e. The Morgan fingerprint density at radius 1 is 1.00 bits per heavy atom. The number of carbonyl (C=O) groups excluding carboxylic acids is 4. The number of hydrogen-bond donors (Lipinski definition) is 8. The van der Waals surface area contributed by atoms with Crippen LogP contribution in [0.3, 0.4) is 0 Å². The molecule has 1 saturated heterocycles. The van der Waals surface area contributed by atoms with E-state index in [0.717, 1.165) is 17.3 Å². The number of H-pyrrole nitrogens is 2. The number of aromatic nitrogens is 3. The predicted molar refractivity (Wildman–Crippen MR) is 147 cm³/mol. The zero-order chi connectivity index (χ0) is 29.4. The monoisotopic (exact) mass is 566 g/mol. The fourth-order valence-electron chi connectivity index (χ4n) is 4.83. The summed E-state index contributed by atoms with van der Waals surface area (Å²) in [7, 11) is 0. The average molecular weight is 567 g/mol. The molecule has 9 N–H and O–H groups in total. The van der Waals surface area contributed by atoms with Crippen LogP contribution in [-0.4, -0.2) is 80.4 Å². The molecule has 2 aromatic heterocycles. The fourth-order valence-corrected chi connectivity index (χ4v) is 4.83. The van der Waals surface area contributed by atoms with Crippen LogP contribution < -0.4 is 27.0 Å². The quantitative estimate of drug-likeness (QED) is 0.123. The largest absolute Gasteiger partial charge is 0.480 e. The minimum atomic E-state index is -1.29. The van der Waals surface area contributed by atoms with E-state index < -0.39 is 53.8 Å². The van der Waals surface area contributed by atoms with Gasteiger partial charge >= 0.3 is 5.97 Å². The third kappa shape index (κ3) is 7.91. The van der Waals surface area contributed by atoms with Gasteiger partial charge in [-0.05, 0) is 37.4 Å². The lowest BCUT2D eigenvalue weighted by Gasteiger charge is -2.25. The molecule has 1 aromatic carbocycles. The van der Waals surface area contributed by atoms with Gasteiger partial charge in [-0.1, -0.05) is 18.2 Å². The van der Waals surface area contributed by atoms with Gasteiger partial charge in [0.05, 0.1) is 12.4 Å². The topological polar surface area (TPSA) is 224 Å². The number of primary amides is 1. The Bertz CT molecular complexity index is 1380. The molecule has 0 saturated carbocycles. The van der Waals surface area contributed by atoms with Crippen molar-refractivity contribution < 1.29 is 29.1 Å². The minimum absolute atomic E-state index is 0.00148. The van der Waals surface area contributed by atoms with Crippen LogP contribution in [0.5, 0.6) is 0 Å². The number of carboxylic acids is 1. The summed E-state index contributed by atoms with van der Waals surface area (Å²) in [4.78, 5) is 73.0. The molecule has 14 heteroatoms. The first kappa shape index (κ1) is 29.3. The van der Waals surface area contributed by atoms with Crippen molar-refractivity contribution in [1.82, 2.24) is 36.2 Å². The molecule has 1 fully saturated rings. The van der Waals surface area contributed by atoms with Gasteiger partial charge in [-0.25, -0.2) is 9.78 Å². The van der Waals surface area contributed by atoms with Crippen LogP contribution in [0.1, 0.15) is 36.9 Å².